The number of amides is 1. The molecule has 6 nitrogen and oxygen atoms in total. The summed E-state index contributed by atoms with van der Waals surface area (Å²) < 4.78 is 28.5. The van der Waals surface area contributed by atoms with Gasteiger partial charge >= 0.3 is 0 Å². The normalized spacial score (nSPS) is 11.5. The molecule has 0 radical (unpaired) electrons. The van der Waals surface area contributed by atoms with Crippen LogP contribution in [0.15, 0.2) is 54.7 Å². The Hall–Kier alpha value is -3.81. The van der Waals surface area contributed by atoms with E-state index in [-0.39, 0.29) is 28.6 Å². The molecule has 2 aromatic heterocycles. The lowest BCUT2D eigenvalue weighted by molar-refractivity contribution is 0.102. The number of phenolic OH excluding ortho intramolecular Hbond substituents is 1. The van der Waals surface area contributed by atoms with E-state index in [1.165, 1.54) is 12.3 Å². The van der Waals surface area contributed by atoms with Crippen LogP contribution >= 0.6 is 0 Å². The molecule has 164 valence electrons. The maximum absolute atomic E-state index is 13.7. The number of aromatic nitrogens is 3. The summed E-state index contributed by atoms with van der Waals surface area (Å²) in [7, 11) is 0. The summed E-state index contributed by atoms with van der Waals surface area (Å²) in [6.45, 7) is 5.63. The summed E-state index contributed by atoms with van der Waals surface area (Å²) in [5.74, 6) is -0.324. The molecule has 2 aromatic carbocycles. The van der Waals surface area contributed by atoms with Gasteiger partial charge in [0.1, 0.15) is 17.0 Å². The van der Waals surface area contributed by atoms with Crippen molar-refractivity contribution in [3.8, 4) is 17.0 Å². The van der Waals surface area contributed by atoms with Crippen LogP contribution in [0.5, 0.6) is 5.75 Å². The van der Waals surface area contributed by atoms with Gasteiger partial charge in [0.05, 0.1) is 11.9 Å². The Bertz CT molecular complexity index is 1300. The fraction of sp³-hybridized carbons (Fsp3) is 0.208. The highest BCUT2D eigenvalue weighted by Crippen LogP contribution is 2.32. The zero-order valence-electron chi connectivity index (χ0n) is 17.8. The SMILES string of the molecule is Cc1cc(O)c(C(C)C)cc1NC(=O)c1cnn2c(C(F)F)cc(-c3ccccc3)nc12. The molecule has 4 aromatic rings. The lowest BCUT2D eigenvalue weighted by Gasteiger charge is -2.14. The average Bonchev–Trinajstić information content (AvgIpc) is 3.19. The second-order valence-corrected chi connectivity index (χ2v) is 7.86. The molecule has 0 atom stereocenters. The number of nitrogens with zero attached hydrogens (tertiary/aromatic N) is 3. The second kappa shape index (κ2) is 8.37. The van der Waals surface area contributed by atoms with Gasteiger partial charge in [0, 0.05) is 11.3 Å². The quantitative estimate of drug-likeness (QED) is 0.392. The molecule has 4 rings (SSSR count). The highest BCUT2D eigenvalue weighted by atomic mass is 19.3. The molecular weight excluding hydrogens is 414 g/mol. The van der Waals surface area contributed by atoms with E-state index in [4.69, 9.17) is 0 Å². The first-order chi connectivity index (χ1) is 15.3. The summed E-state index contributed by atoms with van der Waals surface area (Å²) in [6, 6.07) is 13.5. The van der Waals surface area contributed by atoms with Crippen molar-refractivity contribution in [2.45, 2.75) is 33.1 Å². The Morgan fingerprint density at radius 2 is 1.84 bits per heavy atom. The van der Waals surface area contributed by atoms with Crippen LogP contribution in [0.1, 0.15) is 53.4 Å². The molecule has 0 aliphatic heterocycles. The van der Waals surface area contributed by atoms with Crippen LogP contribution in [0.4, 0.5) is 14.5 Å². The predicted molar refractivity (Wildman–Crippen MR) is 118 cm³/mol. The van der Waals surface area contributed by atoms with Crippen molar-refractivity contribution in [3.05, 3.63) is 77.1 Å². The second-order valence-electron chi connectivity index (χ2n) is 7.86. The zero-order valence-corrected chi connectivity index (χ0v) is 17.8. The van der Waals surface area contributed by atoms with Crippen molar-refractivity contribution in [2.24, 2.45) is 0 Å². The van der Waals surface area contributed by atoms with E-state index in [0.29, 0.717) is 28.1 Å². The molecular formula is C24H22F2N4O2. The monoisotopic (exact) mass is 436 g/mol. The molecule has 0 saturated carbocycles. The number of phenols is 1. The molecule has 8 heteroatoms. The number of carbonyl (C=O) groups is 1. The van der Waals surface area contributed by atoms with E-state index in [2.05, 4.69) is 15.4 Å². The van der Waals surface area contributed by atoms with E-state index in [9.17, 15) is 18.7 Å². The van der Waals surface area contributed by atoms with Crippen molar-refractivity contribution < 1.29 is 18.7 Å². The number of anilines is 1. The van der Waals surface area contributed by atoms with Gasteiger partial charge in [-0.2, -0.15) is 5.10 Å². The highest BCUT2D eigenvalue weighted by Gasteiger charge is 2.22. The van der Waals surface area contributed by atoms with Gasteiger partial charge in [0.15, 0.2) is 5.65 Å². The Labute approximate surface area is 183 Å². The summed E-state index contributed by atoms with van der Waals surface area (Å²) in [4.78, 5) is 17.5. The van der Waals surface area contributed by atoms with Crippen LogP contribution in [-0.2, 0) is 0 Å². The minimum absolute atomic E-state index is 0.0414. The van der Waals surface area contributed by atoms with Crippen LogP contribution < -0.4 is 5.32 Å². The average molecular weight is 436 g/mol. The number of halogens is 2. The minimum Gasteiger partial charge on any atom is -0.508 e. The third-order valence-corrected chi connectivity index (χ3v) is 5.28. The van der Waals surface area contributed by atoms with Gasteiger partial charge in [-0.25, -0.2) is 18.3 Å². The van der Waals surface area contributed by atoms with Crippen LogP contribution in [-0.4, -0.2) is 25.6 Å². The number of carbonyl (C=O) groups excluding carboxylic acids is 1. The topological polar surface area (TPSA) is 79.5 Å². The van der Waals surface area contributed by atoms with Gasteiger partial charge in [-0.05, 0) is 42.2 Å². The van der Waals surface area contributed by atoms with Crippen LogP contribution in [0.25, 0.3) is 16.9 Å². The number of hydrogen-bond acceptors (Lipinski definition) is 4. The number of aryl methyl sites for hydroxylation is 1. The standard InChI is InChI=1S/C24H22F2N4O2/c1-13(2)16-10-18(14(3)9-21(16)31)29-24(32)17-12-27-30-20(22(25)26)11-19(28-23(17)30)15-7-5-4-6-8-15/h4-13,22,31H,1-3H3,(H,29,32). The Morgan fingerprint density at radius 3 is 2.50 bits per heavy atom. The van der Waals surface area contributed by atoms with Gasteiger partial charge in [0.25, 0.3) is 12.3 Å². The molecule has 0 aliphatic carbocycles. The first kappa shape index (κ1) is 21.4. The Kier molecular flexibility index (Phi) is 5.61. The summed E-state index contributed by atoms with van der Waals surface area (Å²) in [6.07, 6.45) is -1.57. The summed E-state index contributed by atoms with van der Waals surface area (Å²) >= 11 is 0. The number of alkyl halides is 2. The molecule has 0 spiro atoms. The van der Waals surface area contributed by atoms with Gasteiger partial charge in [-0.3, -0.25) is 4.79 Å². The number of nitrogens with one attached hydrogen (secondary N) is 1. The number of benzene rings is 2. The molecule has 2 N–H and O–H groups in total. The van der Waals surface area contributed by atoms with Crippen molar-refractivity contribution in [2.75, 3.05) is 5.32 Å². The van der Waals surface area contributed by atoms with Gasteiger partial charge in [0.2, 0.25) is 0 Å². The smallest absolute Gasteiger partial charge is 0.280 e. The van der Waals surface area contributed by atoms with E-state index < -0.39 is 12.3 Å². The Morgan fingerprint density at radius 1 is 1.12 bits per heavy atom. The number of rotatable bonds is 5. The maximum Gasteiger partial charge on any atom is 0.280 e. The van der Waals surface area contributed by atoms with Crippen molar-refractivity contribution in [3.63, 3.8) is 0 Å². The van der Waals surface area contributed by atoms with Crippen LogP contribution in [0, 0.1) is 6.92 Å². The Balaban J connectivity index is 1.79. The minimum atomic E-state index is -2.80. The number of fused-ring (bicyclic) bond motifs is 1. The largest absolute Gasteiger partial charge is 0.508 e. The van der Waals surface area contributed by atoms with Crippen molar-refractivity contribution >= 4 is 17.2 Å². The van der Waals surface area contributed by atoms with Gasteiger partial charge in [-0.1, -0.05) is 44.2 Å². The molecule has 0 aliphatic rings. The fourth-order valence-corrected chi connectivity index (χ4v) is 3.55. The van der Waals surface area contributed by atoms with E-state index in [0.717, 1.165) is 4.52 Å². The molecule has 0 fully saturated rings. The molecule has 2 heterocycles. The van der Waals surface area contributed by atoms with E-state index >= 15 is 0 Å². The maximum atomic E-state index is 13.7. The first-order valence-corrected chi connectivity index (χ1v) is 10.1. The molecule has 1 amide bonds. The van der Waals surface area contributed by atoms with E-state index in [1.807, 2.05) is 19.9 Å². The third kappa shape index (κ3) is 3.91. The fourth-order valence-electron chi connectivity index (χ4n) is 3.55. The highest BCUT2D eigenvalue weighted by molar-refractivity contribution is 6.08. The van der Waals surface area contributed by atoms with Crippen molar-refractivity contribution in [1.29, 1.82) is 0 Å². The summed E-state index contributed by atoms with van der Waals surface area (Å²) in [5.41, 5.74) is 2.62. The molecule has 0 saturated heterocycles. The lowest BCUT2D eigenvalue weighted by atomic mass is 9.99. The lowest BCUT2D eigenvalue weighted by Crippen LogP contribution is -2.14. The van der Waals surface area contributed by atoms with Gasteiger partial charge in [-0.15, -0.1) is 0 Å². The van der Waals surface area contributed by atoms with Crippen LogP contribution in [0.3, 0.4) is 0 Å². The number of aromatic hydroxyl groups is 1. The predicted octanol–water partition coefficient (Wildman–Crippen LogP) is 5.72. The zero-order chi connectivity index (χ0) is 23.0. The number of hydrogen-bond donors (Lipinski definition) is 2. The molecule has 32 heavy (non-hydrogen) atoms. The van der Waals surface area contributed by atoms with E-state index in [1.54, 1.807) is 43.3 Å². The van der Waals surface area contributed by atoms with Gasteiger partial charge < -0.3 is 10.4 Å². The van der Waals surface area contributed by atoms with Crippen LogP contribution in [0.2, 0.25) is 0 Å². The third-order valence-electron chi connectivity index (χ3n) is 5.28. The van der Waals surface area contributed by atoms with Crippen molar-refractivity contribution in [1.82, 2.24) is 14.6 Å². The first-order valence-electron chi connectivity index (χ1n) is 10.1. The summed E-state index contributed by atoms with van der Waals surface area (Å²) in [5, 5.41) is 17.0. The molecule has 0 unspecified atom stereocenters. The molecule has 0 bridgehead atoms.